The van der Waals surface area contributed by atoms with Crippen molar-refractivity contribution in [2.75, 3.05) is 17.6 Å². The third-order valence-electron chi connectivity index (χ3n) is 2.10. The fourth-order valence-electron chi connectivity index (χ4n) is 1.31. The van der Waals surface area contributed by atoms with Crippen molar-refractivity contribution in [1.29, 1.82) is 0 Å². The normalized spacial score (nSPS) is 11.6. The lowest BCUT2D eigenvalue weighted by Crippen LogP contribution is -2.24. The standard InChI is InChI=1S/C10H13BrF3N3OS/c1-2-4-17-9(18)8(11)7(6-16-17)15-3-5-19-10(12,13)14/h6,15H,2-5H2,1H3. The Morgan fingerprint density at radius 2 is 2.21 bits per heavy atom. The minimum absolute atomic E-state index is 0.0989. The zero-order chi connectivity index (χ0) is 14.5. The maximum atomic E-state index is 11.9. The Kier molecular flexibility index (Phi) is 6.18. The molecule has 9 heteroatoms. The number of rotatable bonds is 6. The van der Waals surface area contributed by atoms with Gasteiger partial charge in [-0.05, 0) is 34.1 Å². The summed E-state index contributed by atoms with van der Waals surface area (Å²) >= 11 is 3.02. The van der Waals surface area contributed by atoms with Gasteiger partial charge in [-0.15, -0.1) is 0 Å². The van der Waals surface area contributed by atoms with Crippen LogP contribution < -0.4 is 10.9 Å². The molecule has 1 heterocycles. The third-order valence-corrected chi connectivity index (χ3v) is 3.61. The molecule has 1 N–H and O–H groups in total. The molecule has 1 rings (SSSR count). The molecular formula is C10H13BrF3N3OS. The number of hydrogen-bond donors (Lipinski definition) is 1. The van der Waals surface area contributed by atoms with Gasteiger partial charge < -0.3 is 5.32 Å². The molecule has 1 aromatic rings. The largest absolute Gasteiger partial charge is 0.441 e. The van der Waals surface area contributed by atoms with Crippen LogP contribution in [0.15, 0.2) is 15.5 Å². The molecule has 1 aromatic heterocycles. The molecule has 0 aliphatic carbocycles. The van der Waals surface area contributed by atoms with E-state index in [0.29, 0.717) is 12.2 Å². The Balaban J connectivity index is 2.60. The van der Waals surface area contributed by atoms with E-state index < -0.39 is 5.51 Å². The summed E-state index contributed by atoms with van der Waals surface area (Å²) in [5.74, 6) is -0.131. The minimum atomic E-state index is -4.23. The van der Waals surface area contributed by atoms with Crippen LogP contribution in [0.25, 0.3) is 0 Å². The number of anilines is 1. The lowest BCUT2D eigenvalue weighted by molar-refractivity contribution is -0.0327. The lowest BCUT2D eigenvalue weighted by atomic mass is 10.4. The molecule has 0 bridgehead atoms. The predicted octanol–water partition coefficient (Wildman–Crippen LogP) is 3.08. The van der Waals surface area contributed by atoms with Crippen molar-refractivity contribution in [2.45, 2.75) is 25.4 Å². The van der Waals surface area contributed by atoms with Crippen molar-refractivity contribution >= 4 is 33.4 Å². The second kappa shape index (κ2) is 7.18. The van der Waals surface area contributed by atoms with E-state index in [0.717, 1.165) is 6.42 Å². The van der Waals surface area contributed by atoms with E-state index >= 15 is 0 Å². The van der Waals surface area contributed by atoms with Gasteiger partial charge in [0.1, 0.15) is 4.47 Å². The zero-order valence-electron chi connectivity index (χ0n) is 10.1. The van der Waals surface area contributed by atoms with Crippen LogP contribution >= 0.6 is 27.7 Å². The topological polar surface area (TPSA) is 46.9 Å². The van der Waals surface area contributed by atoms with E-state index in [-0.39, 0.29) is 34.1 Å². The average Bonchev–Trinajstić information content (AvgIpc) is 2.32. The summed E-state index contributed by atoms with van der Waals surface area (Å²) in [7, 11) is 0. The molecule has 0 saturated carbocycles. The molecular weight excluding hydrogens is 347 g/mol. The molecule has 19 heavy (non-hydrogen) atoms. The van der Waals surface area contributed by atoms with Crippen LogP contribution in [0, 0.1) is 0 Å². The second-order valence-electron chi connectivity index (χ2n) is 3.62. The van der Waals surface area contributed by atoms with E-state index in [1.54, 1.807) is 0 Å². The minimum Gasteiger partial charge on any atom is -0.382 e. The van der Waals surface area contributed by atoms with E-state index in [9.17, 15) is 18.0 Å². The van der Waals surface area contributed by atoms with Gasteiger partial charge >= 0.3 is 5.51 Å². The molecule has 0 aliphatic rings. The number of hydrogen-bond acceptors (Lipinski definition) is 4. The van der Waals surface area contributed by atoms with Gasteiger partial charge in [0.15, 0.2) is 0 Å². The molecule has 0 aliphatic heterocycles. The Morgan fingerprint density at radius 3 is 2.79 bits per heavy atom. The molecule has 0 amide bonds. The molecule has 0 aromatic carbocycles. The average molecular weight is 360 g/mol. The highest BCUT2D eigenvalue weighted by Gasteiger charge is 2.27. The SMILES string of the molecule is CCCn1ncc(NCCSC(F)(F)F)c(Br)c1=O. The van der Waals surface area contributed by atoms with Gasteiger partial charge in [0.05, 0.1) is 11.9 Å². The van der Waals surface area contributed by atoms with Crippen LogP contribution in [0.4, 0.5) is 18.9 Å². The van der Waals surface area contributed by atoms with E-state index in [4.69, 9.17) is 0 Å². The molecule has 0 saturated heterocycles. The summed E-state index contributed by atoms with van der Waals surface area (Å²) in [6.45, 7) is 2.52. The molecule has 0 spiro atoms. The first kappa shape index (κ1) is 16.4. The smallest absolute Gasteiger partial charge is 0.382 e. The zero-order valence-corrected chi connectivity index (χ0v) is 12.5. The molecule has 0 unspecified atom stereocenters. The number of nitrogens with one attached hydrogen (secondary N) is 1. The first-order valence-electron chi connectivity index (χ1n) is 5.55. The number of nitrogens with zero attached hydrogens (tertiary/aromatic N) is 2. The second-order valence-corrected chi connectivity index (χ2v) is 5.57. The van der Waals surface area contributed by atoms with Crippen molar-refractivity contribution in [3.8, 4) is 0 Å². The number of halogens is 4. The molecule has 4 nitrogen and oxygen atoms in total. The van der Waals surface area contributed by atoms with Gasteiger partial charge in [0.2, 0.25) is 0 Å². The highest BCUT2D eigenvalue weighted by Crippen LogP contribution is 2.29. The van der Waals surface area contributed by atoms with Gasteiger partial charge in [-0.1, -0.05) is 6.92 Å². The van der Waals surface area contributed by atoms with Gasteiger partial charge in [-0.3, -0.25) is 4.79 Å². The molecule has 108 valence electrons. The van der Waals surface area contributed by atoms with Crippen LogP contribution in [0.5, 0.6) is 0 Å². The first-order chi connectivity index (χ1) is 8.85. The fourth-order valence-corrected chi connectivity index (χ4v) is 2.19. The van der Waals surface area contributed by atoms with E-state index in [1.807, 2.05) is 6.92 Å². The quantitative estimate of drug-likeness (QED) is 0.793. The fraction of sp³-hybridized carbons (Fsp3) is 0.600. The van der Waals surface area contributed by atoms with Crippen molar-refractivity contribution in [3.63, 3.8) is 0 Å². The van der Waals surface area contributed by atoms with Crippen LogP contribution in [-0.4, -0.2) is 27.6 Å². The summed E-state index contributed by atoms with van der Waals surface area (Å²) in [6, 6.07) is 0. The van der Waals surface area contributed by atoms with E-state index in [2.05, 4.69) is 26.3 Å². The summed E-state index contributed by atoms with van der Waals surface area (Å²) in [6.07, 6.45) is 2.20. The monoisotopic (exact) mass is 359 g/mol. The number of thioether (sulfide) groups is 1. The Morgan fingerprint density at radius 1 is 1.53 bits per heavy atom. The van der Waals surface area contributed by atoms with Crippen molar-refractivity contribution in [2.24, 2.45) is 0 Å². The molecule has 0 fully saturated rings. The summed E-state index contributed by atoms with van der Waals surface area (Å²) < 4.78 is 37.4. The summed E-state index contributed by atoms with van der Waals surface area (Å²) in [4.78, 5) is 11.8. The predicted molar refractivity (Wildman–Crippen MR) is 73.5 cm³/mol. The summed E-state index contributed by atoms with van der Waals surface area (Å²) in [5, 5.41) is 6.69. The molecule has 0 radical (unpaired) electrons. The Bertz CT molecular complexity index is 478. The summed E-state index contributed by atoms with van der Waals surface area (Å²) in [5.41, 5.74) is -4.13. The van der Waals surface area contributed by atoms with Gasteiger partial charge in [0, 0.05) is 18.8 Å². The van der Waals surface area contributed by atoms with E-state index in [1.165, 1.54) is 10.9 Å². The van der Waals surface area contributed by atoms with Crippen LogP contribution in [-0.2, 0) is 6.54 Å². The lowest BCUT2D eigenvalue weighted by Gasteiger charge is -2.10. The first-order valence-corrected chi connectivity index (χ1v) is 7.33. The Hall–Kier alpha value is -0.700. The van der Waals surface area contributed by atoms with Crippen molar-refractivity contribution in [3.05, 3.63) is 21.0 Å². The number of alkyl halides is 3. The Labute approximate surface area is 120 Å². The van der Waals surface area contributed by atoms with Gasteiger partial charge in [0.25, 0.3) is 5.56 Å². The number of aromatic nitrogens is 2. The molecule has 0 atom stereocenters. The maximum Gasteiger partial charge on any atom is 0.441 e. The van der Waals surface area contributed by atoms with Crippen molar-refractivity contribution < 1.29 is 13.2 Å². The van der Waals surface area contributed by atoms with Gasteiger partial charge in [-0.2, -0.15) is 18.3 Å². The maximum absolute atomic E-state index is 11.9. The van der Waals surface area contributed by atoms with Crippen LogP contribution in [0.1, 0.15) is 13.3 Å². The third kappa shape index (κ3) is 5.43. The van der Waals surface area contributed by atoms with Gasteiger partial charge in [-0.25, -0.2) is 4.68 Å². The van der Waals surface area contributed by atoms with Crippen LogP contribution in [0.3, 0.4) is 0 Å². The highest BCUT2D eigenvalue weighted by atomic mass is 79.9. The highest BCUT2D eigenvalue weighted by molar-refractivity contribution is 9.10. The van der Waals surface area contributed by atoms with Crippen molar-refractivity contribution in [1.82, 2.24) is 9.78 Å². The van der Waals surface area contributed by atoms with Crippen LogP contribution in [0.2, 0.25) is 0 Å². The number of aryl methyl sites for hydroxylation is 1.